The van der Waals surface area contributed by atoms with E-state index in [1.165, 1.54) is 39.4 Å². The smallest absolute Gasteiger partial charge is 0.355 e. The number of likely N-dealkylation sites (tertiary alicyclic amines) is 2. The van der Waals surface area contributed by atoms with Gasteiger partial charge in [-0.3, -0.25) is 9.59 Å². The van der Waals surface area contributed by atoms with Crippen molar-refractivity contribution in [1.29, 1.82) is 0 Å². The molecule has 3 fully saturated rings. The van der Waals surface area contributed by atoms with Gasteiger partial charge in [-0.05, 0) is 45.1 Å². The van der Waals surface area contributed by atoms with Gasteiger partial charge in [0.2, 0.25) is 0 Å². The fraction of sp³-hybridized carbons (Fsp3) is 0.500. The van der Waals surface area contributed by atoms with Crippen LogP contribution in [0.15, 0.2) is 16.1 Å². The molecule has 3 aliphatic heterocycles. The van der Waals surface area contributed by atoms with E-state index in [-0.39, 0.29) is 35.6 Å². The van der Waals surface area contributed by atoms with E-state index in [2.05, 4.69) is 20.3 Å². The Balaban J connectivity index is 1.17. The summed E-state index contributed by atoms with van der Waals surface area (Å²) in [4.78, 5) is 55.2. The van der Waals surface area contributed by atoms with E-state index >= 15 is 0 Å². The molecule has 3 aromatic heterocycles. The highest BCUT2D eigenvalue weighted by Crippen LogP contribution is 2.38. The number of thiazole rings is 3. The molecule has 3 aromatic rings. The maximum absolute atomic E-state index is 13.4. The second-order valence-corrected chi connectivity index (χ2v) is 12.1. The molecular formula is C24H26N6O4S3. The van der Waals surface area contributed by atoms with E-state index in [4.69, 9.17) is 0 Å². The lowest BCUT2D eigenvalue weighted by molar-refractivity contribution is 0.0689. The Bertz CT molecular complexity index is 1330. The third kappa shape index (κ3) is 4.69. The SMILES string of the molecule is O=C(O)c1csc([C@@H]2CCCN2C(=O)c2csc([C@@H]3CCCN3C(=O)c3csc([C@@H]4CCCN4)n3)n2)n1. The fourth-order valence-electron chi connectivity index (χ4n) is 5.35. The highest BCUT2D eigenvalue weighted by Gasteiger charge is 2.37. The highest BCUT2D eigenvalue weighted by atomic mass is 32.1. The maximum Gasteiger partial charge on any atom is 0.355 e. The van der Waals surface area contributed by atoms with Crippen LogP contribution in [0.2, 0.25) is 0 Å². The van der Waals surface area contributed by atoms with Gasteiger partial charge in [-0.25, -0.2) is 19.7 Å². The van der Waals surface area contributed by atoms with E-state index in [1.807, 2.05) is 10.3 Å². The molecule has 0 aliphatic carbocycles. The topological polar surface area (TPSA) is 129 Å². The third-order valence-electron chi connectivity index (χ3n) is 7.18. The first kappa shape index (κ1) is 24.6. The Kier molecular flexibility index (Phi) is 6.78. The van der Waals surface area contributed by atoms with E-state index in [0.29, 0.717) is 29.5 Å². The molecule has 2 N–H and O–H groups in total. The number of nitrogens with one attached hydrogen (secondary N) is 1. The third-order valence-corrected chi connectivity index (χ3v) is 10.0. The van der Waals surface area contributed by atoms with E-state index < -0.39 is 5.97 Å². The van der Waals surface area contributed by atoms with Gasteiger partial charge >= 0.3 is 5.97 Å². The lowest BCUT2D eigenvalue weighted by Gasteiger charge is -2.23. The summed E-state index contributed by atoms with van der Waals surface area (Å²) in [6.07, 6.45) is 5.42. The first-order valence-corrected chi connectivity index (χ1v) is 15.1. The van der Waals surface area contributed by atoms with Gasteiger partial charge in [0.15, 0.2) is 5.69 Å². The van der Waals surface area contributed by atoms with Gasteiger partial charge in [-0.15, -0.1) is 34.0 Å². The predicted octanol–water partition coefficient (Wildman–Crippen LogP) is 4.13. The largest absolute Gasteiger partial charge is 0.476 e. The summed E-state index contributed by atoms with van der Waals surface area (Å²) in [7, 11) is 0. The van der Waals surface area contributed by atoms with E-state index in [1.54, 1.807) is 10.3 Å². The Morgan fingerprint density at radius 1 is 0.757 bits per heavy atom. The van der Waals surface area contributed by atoms with Gasteiger partial charge in [-0.2, -0.15) is 0 Å². The number of carbonyl (C=O) groups is 3. The van der Waals surface area contributed by atoms with Gasteiger partial charge < -0.3 is 20.2 Å². The second-order valence-electron chi connectivity index (χ2n) is 9.48. The summed E-state index contributed by atoms with van der Waals surface area (Å²) >= 11 is 4.21. The van der Waals surface area contributed by atoms with Crippen molar-refractivity contribution < 1.29 is 19.5 Å². The zero-order chi connectivity index (χ0) is 25.5. The summed E-state index contributed by atoms with van der Waals surface area (Å²) < 4.78 is 0. The number of aromatic nitrogens is 3. The van der Waals surface area contributed by atoms with Gasteiger partial charge in [0, 0.05) is 29.2 Å². The van der Waals surface area contributed by atoms with Gasteiger partial charge in [0.1, 0.15) is 26.4 Å². The minimum atomic E-state index is -1.07. The summed E-state index contributed by atoms with van der Waals surface area (Å²) in [6.45, 7) is 2.21. The Labute approximate surface area is 225 Å². The van der Waals surface area contributed by atoms with Crippen molar-refractivity contribution in [2.24, 2.45) is 0 Å². The number of amides is 2. The fourth-order valence-corrected chi connectivity index (χ4v) is 8.13. The van der Waals surface area contributed by atoms with Crippen molar-refractivity contribution in [2.75, 3.05) is 19.6 Å². The molecule has 0 bridgehead atoms. The van der Waals surface area contributed by atoms with Crippen molar-refractivity contribution in [3.8, 4) is 0 Å². The van der Waals surface area contributed by atoms with Crippen molar-refractivity contribution in [1.82, 2.24) is 30.1 Å². The van der Waals surface area contributed by atoms with Crippen LogP contribution in [0.5, 0.6) is 0 Å². The average molecular weight is 559 g/mol. The minimum Gasteiger partial charge on any atom is -0.476 e. The Hall–Kier alpha value is -2.74. The van der Waals surface area contributed by atoms with Crippen LogP contribution < -0.4 is 5.32 Å². The zero-order valence-corrected chi connectivity index (χ0v) is 22.4. The van der Waals surface area contributed by atoms with E-state index in [9.17, 15) is 19.5 Å². The molecule has 3 atom stereocenters. The summed E-state index contributed by atoms with van der Waals surface area (Å²) in [5.74, 6) is -1.33. The van der Waals surface area contributed by atoms with Crippen LogP contribution >= 0.6 is 34.0 Å². The number of carboxylic acid groups (broad SMARTS) is 1. The number of hydrogen-bond donors (Lipinski definition) is 2. The highest BCUT2D eigenvalue weighted by molar-refractivity contribution is 7.10. The lowest BCUT2D eigenvalue weighted by atomic mass is 10.2. The van der Waals surface area contributed by atoms with Crippen molar-refractivity contribution in [3.05, 3.63) is 48.2 Å². The van der Waals surface area contributed by atoms with Crippen molar-refractivity contribution in [3.63, 3.8) is 0 Å². The lowest BCUT2D eigenvalue weighted by Crippen LogP contribution is -2.32. The molecule has 0 saturated carbocycles. The molecule has 194 valence electrons. The maximum atomic E-state index is 13.4. The summed E-state index contributed by atoms with van der Waals surface area (Å²) in [5, 5.41) is 20.1. The van der Waals surface area contributed by atoms with Crippen LogP contribution in [0.1, 0.15) is 103 Å². The van der Waals surface area contributed by atoms with Crippen LogP contribution in [-0.4, -0.2) is 67.3 Å². The molecule has 2 amide bonds. The molecule has 0 aromatic carbocycles. The number of nitrogens with zero attached hydrogens (tertiary/aromatic N) is 5. The number of hydrogen-bond acceptors (Lipinski definition) is 10. The molecule has 0 unspecified atom stereocenters. The van der Waals surface area contributed by atoms with Crippen molar-refractivity contribution in [2.45, 2.75) is 56.7 Å². The normalized spacial score (nSPS) is 23.7. The second kappa shape index (κ2) is 10.2. The molecule has 37 heavy (non-hydrogen) atoms. The first-order valence-electron chi connectivity index (χ1n) is 12.4. The Morgan fingerprint density at radius 3 is 1.78 bits per heavy atom. The molecule has 3 aliphatic rings. The quantitative estimate of drug-likeness (QED) is 0.462. The molecule has 6 heterocycles. The van der Waals surface area contributed by atoms with Crippen LogP contribution in [-0.2, 0) is 0 Å². The zero-order valence-electron chi connectivity index (χ0n) is 20.0. The molecule has 3 saturated heterocycles. The number of rotatable bonds is 6. The number of aromatic carboxylic acids is 1. The Morgan fingerprint density at radius 2 is 1.27 bits per heavy atom. The average Bonchev–Trinajstić information content (AvgIpc) is 3.74. The monoisotopic (exact) mass is 558 g/mol. The van der Waals surface area contributed by atoms with Gasteiger partial charge in [-0.1, -0.05) is 0 Å². The first-order chi connectivity index (χ1) is 18.0. The molecule has 0 spiro atoms. The van der Waals surface area contributed by atoms with Crippen LogP contribution in [0, 0.1) is 0 Å². The molecule has 13 heteroatoms. The predicted molar refractivity (Wildman–Crippen MR) is 139 cm³/mol. The van der Waals surface area contributed by atoms with Crippen LogP contribution in [0.25, 0.3) is 0 Å². The molecule has 6 rings (SSSR count). The van der Waals surface area contributed by atoms with Crippen LogP contribution in [0.4, 0.5) is 0 Å². The molecular weight excluding hydrogens is 533 g/mol. The van der Waals surface area contributed by atoms with Crippen molar-refractivity contribution >= 4 is 51.8 Å². The molecule has 10 nitrogen and oxygen atoms in total. The number of carbonyl (C=O) groups excluding carboxylic acids is 2. The minimum absolute atomic E-state index is 0.00738. The van der Waals surface area contributed by atoms with Gasteiger partial charge in [0.25, 0.3) is 11.8 Å². The van der Waals surface area contributed by atoms with Crippen LogP contribution in [0.3, 0.4) is 0 Å². The van der Waals surface area contributed by atoms with E-state index in [0.717, 1.165) is 55.1 Å². The van der Waals surface area contributed by atoms with Gasteiger partial charge in [0.05, 0.1) is 18.1 Å². The number of carboxylic acids is 1. The summed E-state index contributed by atoms with van der Waals surface area (Å²) in [5.41, 5.74) is 0.856. The summed E-state index contributed by atoms with van der Waals surface area (Å²) in [6, 6.07) is -0.170. The standard InChI is InChI=1S/C24H26N6O4S3/c31-22(14-10-35-19(26-14)13-4-1-7-25-13)29-8-2-5-17(29)20-27-15(11-36-20)23(32)30-9-3-6-18(30)21-28-16(12-37-21)24(33)34/h10-13,17-18,25H,1-9H2,(H,33,34)/t13-,17-,18-/m0/s1. The molecule has 0 radical (unpaired) electrons.